The van der Waals surface area contributed by atoms with Crippen LogP contribution in [0.5, 0.6) is 0 Å². The van der Waals surface area contributed by atoms with Crippen molar-refractivity contribution < 1.29 is 50.4 Å². The molecular weight excluding hydrogens is 739 g/mol. The topological polar surface area (TPSA) is 128 Å². The minimum atomic E-state index is -2.02. The fraction of sp³-hybridized carbons (Fsp3) is 0.395. The van der Waals surface area contributed by atoms with Crippen LogP contribution in [-0.4, -0.2) is 66.7 Å². The first kappa shape index (κ1) is 42.6. The van der Waals surface area contributed by atoms with E-state index in [1.807, 2.05) is 18.2 Å². The fourth-order valence-electron chi connectivity index (χ4n) is 5.68. The first-order chi connectivity index (χ1) is 23.7. The van der Waals surface area contributed by atoms with E-state index in [1.54, 1.807) is 13.8 Å². The maximum absolute atomic E-state index is 13.1. The largest absolute Gasteiger partial charge is 1.00 e. The molecule has 0 heterocycles. The third-order valence-corrected chi connectivity index (χ3v) is 13.0. The summed E-state index contributed by atoms with van der Waals surface area (Å²) in [6, 6.07) is 29.7. The number of ketones is 1. The number of thiol groups is 1. The van der Waals surface area contributed by atoms with E-state index >= 15 is 0 Å². The van der Waals surface area contributed by atoms with E-state index < -0.39 is 37.2 Å². The van der Waals surface area contributed by atoms with E-state index in [-0.39, 0.29) is 79.7 Å². The number of halogens is 1. The van der Waals surface area contributed by atoms with Gasteiger partial charge in [-0.1, -0.05) is 54.6 Å². The summed E-state index contributed by atoms with van der Waals surface area (Å²) in [4.78, 5) is 62.7. The zero-order valence-electron chi connectivity index (χ0n) is 28.7. The number of nitrogens with one attached hydrogen (secondary N) is 2. The van der Waals surface area contributed by atoms with Gasteiger partial charge in [0.1, 0.15) is 29.2 Å². The molecular formula is C38H48BrN2O7PS. The van der Waals surface area contributed by atoms with Gasteiger partial charge in [-0.2, -0.15) is 12.6 Å². The molecule has 9 nitrogen and oxygen atoms in total. The van der Waals surface area contributed by atoms with Crippen molar-refractivity contribution in [2.24, 2.45) is 0 Å². The molecule has 2 amide bonds. The van der Waals surface area contributed by atoms with Crippen molar-refractivity contribution in [2.45, 2.75) is 70.9 Å². The number of hydrogen-bond acceptors (Lipinski definition) is 8. The quantitative estimate of drug-likeness (QED) is 0.0644. The lowest BCUT2D eigenvalue weighted by atomic mass is 10.1. The summed E-state index contributed by atoms with van der Waals surface area (Å²) in [5.41, 5.74) is 0. The lowest BCUT2D eigenvalue weighted by Crippen LogP contribution is -3.00. The van der Waals surface area contributed by atoms with Gasteiger partial charge in [0.15, 0.2) is 5.78 Å². The highest BCUT2D eigenvalue weighted by Gasteiger charge is 2.44. The maximum Gasteiger partial charge on any atom is 0.328 e. The number of unbranched alkanes of at least 4 members (excludes halogenated alkanes) is 1. The molecule has 0 saturated carbocycles. The second-order valence-electron chi connectivity index (χ2n) is 11.5. The zero-order valence-corrected chi connectivity index (χ0v) is 32.1. The highest BCUT2D eigenvalue weighted by molar-refractivity contribution is 7.95. The van der Waals surface area contributed by atoms with Crippen molar-refractivity contribution in [1.82, 2.24) is 10.6 Å². The van der Waals surface area contributed by atoms with Gasteiger partial charge in [0, 0.05) is 25.0 Å². The molecule has 0 spiro atoms. The second kappa shape index (κ2) is 23.0. The summed E-state index contributed by atoms with van der Waals surface area (Å²) in [7, 11) is -2.02. The van der Waals surface area contributed by atoms with Gasteiger partial charge in [-0.25, -0.2) is 4.79 Å². The highest BCUT2D eigenvalue weighted by atomic mass is 79.9. The molecule has 0 saturated heterocycles. The number of ether oxygens (including phenoxy) is 2. The molecule has 2 atom stereocenters. The Morgan fingerprint density at radius 1 is 0.640 bits per heavy atom. The van der Waals surface area contributed by atoms with E-state index in [1.165, 1.54) is 15.9 Å². The van der Waals surface area contributed by atoms with Crippen molar-refractivity contribution in [3.05, 3.63) is 91.0 Å². The Bertz CT molecular complexity index is 1400. The third-order valence-electron chi connectivity index (χ3n) is 8.09. The molecule has 2 unspecified atom stereocenters. The van der Waals surface area contributed by atoms with Crippen molar-refractivity contribution in [2.75, 3.05) is 25.1 Å². The van der Waals surface area contributed by atoms with Gasteiger partial charge >= 0.3 is 11.9 Å². The van der Waals surface area contributed by atoms with Gasteiger partial charge in [0.25, 0.3) is 0 Å². The number of amides is 2. The lowest BCUT2D eigenvalue weighted by Gasteiger charge is -2.27. The summed E-state index contributed by atoms with van der Waals surface area (Å²) < 4.78 is 10.0. The number of esters is 2. The minimum absolute atomic E-state index is 0. The van der Waals surface area contributed by atoms with Crippen LogP contribution in [0, 0.1) is 0 Å². The number of carbonyl (C=O) groups excluding carboxylic acids is 5. The zero-order chi connectivity index (χ0) is 35.5. The molecule has 0 aliphatic heterocycles. The van der Waals surface area contributed by atoms with Crippen LogP contribution in [0.2, 0.25) is 0 Å². The number of rotatable bonds is 21. The predicted molar refractivity (Wildman–Crippen MR) is 198 cm³/mol. The van der Waals surface area contributed by atoms with Crippen molar-refractivity contribution in [3.63, 3.8) is 0 Å². The van der Waals surface area contributed by atoms with Crippen LogP contribution in [0.4, 0.5) is 0 Å². The Hall–Kier alpha value is -3.53. The van der Waals surface area contributed by atoms with Crippen molar-refractivity contribution in [1.29, 1.82) is 0 Å². The third kappa shape index (κ3) is 13.0. The van der Waals surface area contributed by atoms with Gasteiger partial charge in [0.05, 0.1) is 31.8 Å². The molecule has 3 rings (SSSR count). The summed E-state index contributed by atoms with van der Waals surface area (Å²) >= 11 is 4.17. The van der Waals surface area contributed by atoms with E-state index in [0.29, 0.717) is 6.42 Å². The molecule has 2 N–H and O–H groups in total. The van der Waals surface area contributed by atoms with Gasteiger partial charge in [-0.3, -0.25) is 19.2 Å². The standard InChI is InChI=1S/C38H47N2O7PS.BrH/c1-3-46-37(44)26-24-34(41)33(28-49)40-36(43)25-23-32(38(45)47-4-2)39-35(42)22-14-15-27-48(29-16-8-5-9-17-29,30-18-10-6-11-19-30)31-20-12-7-13-21-31;/h5-13,16-21,32-33H,3-4,14-15,22-28H2,1-2H3,(H2-,39,40,42,43,49);1H. The normalized spacial score (nSPS) is 12.1. The van der Waals surface area contributed by atoms with Gasteiger partial charge in [0.2, 0.25) is 11.8 Å². The predicted octanol–water partition coefficient (Wildman–Crippen LogP) is 1.31. The Labute approximate surface area is 312 Å². The van der Waals surface area contributed by atoms with Crippen molar-refractivity contribution in [3.8, 4) is 0 Å². The van der Waals surface area contributed by atoms with E-state index in [0.717, 1.165) is 12.6 Å². The molecule has 0 fully saturated rings. The summed E-state index contributed by atoms with van der Waals surface area (Å²) in [6.45, 7) is 3.69. The van der Waals surface area contributed by atoms with Gasteiger partial charge in [-0.05, 0) is 69.5 Å². The molecule has 0 aromatic heterocycles. The Morgan fingerprint density at radius 2 is 1.12 bits per heavy atom. The Morgan fingerprint density at radius 3 is 1.60 bits per heavy atom. The van der Waals surface area contributed by atoms with Gasteiger partial charge < -0.3 is 37.1 Å². The summed E-state index contributed by atoms with van der Waals surface area (Å²) in [5, 5.41) is 9.21. The molecule has 0 radical (unpaired) electrons. The molecule has 3 aromatic carbocycles. The molecule has 0 bridgehead atoms. The molecule has 270 valence electrons. The van der Waals surface area contributed by atoms with Crippen LogP contribution in [-0.2, 0) is 33.4 Å². The molecule has 3 aromatic rings. The fourth-order valence-corrected chi connectivity index (χ4v) is 10.4. The number of hydrogen-bond donors (Lipinski definition) is 3. The molecule has 12 heteroatoms. The van der Waals surface area contributed by atoms with Crippen LogP contribution in [0.25, 0.3) is 0 Å². The number of carbonyl (C=O) groups is 5. The monoisotopic (exact) mass is 786 g/mol. The van der Waals surface area contributed by atoms with E-state index in [4.69, 9.17) is 9.47 Å². The van der Waals surface area contributed by atoms with Crippen LogP contribution in [0.3, 0.4) is 0 Å². The average Bonchev–Trinajstić information content (AvgIpc) is 3.12. The smallest absolute Gasteiger partial charge is 0.328 e. The summed E-state index contributed by atoms with van der Waals surface area (Å²) in [5.74, 6) is -2.18. The van der Waals surface area contributed by atoms with Crippen LogP contribution in [0.15, 0.2) is 91.0 Å². The van der Waals surface area contributed by atoms with Crippen LogP contribution < -0.4 is 43.5 Å². The maximum atomic E-state index is 13.1. The Balaban J connectivity index is 0.00000867. The average molecular weight is 788 g/mol. The first-order valence-corrected chi connectivity index (χ1v) is 19.4. The summed E-state index contributed by atoms with van der Waals surface area (Å²) in [6.07, 6.45) is 2.15. The SMILES string of the molecule is CCOC(=O)CCC(=O)C(CS)NC(=O)CCC(NC(=O)CCCC[P+](c1ccccc1)(c1ccccc1)c1ccccc1)C(=O)OCC.[Br-]. The van der Waals surface area contributed by atoms with Crippen LogP contribution >= 0.6 is 19.9 Å². The number of Topliss-reactive ketones (excluding diaryl/α,β-unsaturated/α-hetero) is 1. The lowest BCUT2D eigenvalue weighted by molar-refractivity contribution is -0.147. The van der Waals surface area contributed by atoms with E-state index in [9.17, 15) is 24.0 Å². The minimum Gasteiger partial charge on any atom is -1.00 e. The van der Waals surface area contributed by atoms with Crippen LogP contribution in [0.1, 0.15) is 58.8 Å². The van der Waals surface area contributed by atoms with Crippen molar-refractivity contribution >= 4 is 65.3 Å². The molecule has 0 aliphatic carbocycles. The molecule has 0 aliphatic rings. The second-order valence-corrected chi connectivity index (χ2v) is 15.5. The Kier molecular flexibility index (Phi) is 19.6. The molecule has 50 heavy (non-hydrogen) atoms. The van der Waals surface area contributed by atoms with E-state index in [2.05, 4.69) is 96.1 Å². The van der Waals surface area contributed by atoms with Gasteiger partial charge in [-0.15, -0.1) is 0 Å². The number of benzene rings is 3. The highest BCUT2D eigenvalue weighted by Crippen LogP contribution is 2.55. The first-order valence-electron chi connectivity index (χ1n) is 16.8.